The van der Waals surface area contributed by atoms with Crippen LogP contribution in [-0.2, 0) is 9.05 Å². The number of benzene rings is 1. The normalized spacial score (nSPS) is 11.4. The van der Waals surface area contributed by atoms with E-state index in [1.54, 1.807) is 0 Å². The summed E-state index contributed by atoms with van der Waals surface area (Å²) in [6, 6.07) is 2.06. The van der Waals surface area contributed by atoms with Crippen molar-refractivity contribution >= 4 is 53.2 Å². The third-order valence-electron chi connectivity index (χ3n) is 1.50. The molecule has 0 saturated carbocycles. The maximum absolute atomic E-state index is 11.1. The van der Waals surface area contributed by atoms with Crippen molar-refractivity contribution < 1.29 is 18.3 Å². The average molecular weight is 334 g/mol. The Morgan fingerprint density at radius 3 is 2.33 bits per heavy atom. The number of hydrogen-bond acceptors (Lipinski definition) is 3. The van der Waals surface area contributed by atoms with Gasteiger partial charge in [0.2, 0.25) is 0 Å². The maximum atomic E-state index is 11.1. The Kier molecular flexibility index (Phi) is 3.65. The molecule has 0 spiro atoms. The zero-order chi connectivity index (χ0) is 11.8. The molecule has 1 aromatic carbocycles. The predicted molar refractivity (Wildman–Crippen MR) is 59.2 cm³/mol. The largest absolute Gasteiger partial charge is 0.478 e. The Morgan fingerprint density at radius 1 is 1.40 bits per heavy atom. The van der Waals surface area contributed by atoms with Gasteiger partial charge in [-0.25, -0.2) is 13.2 Å². The summed E-state index contributed by atoms with van der Waals surface area (Å²) < 4.78 is 22.2. The zero-order valence-electron chi connectivity index (χ0n) is 6.87. The molecular formula is C7H3BrCl2O4S. The Hall–Kier alpha value is -0.300. The van der Waals surface area contributed by atoms with Crippen molar-refractivity contribution in [2.24, 2.45) is 0 Å². The number of rotatable bonds is 2. The fraction of sp³-hybridized carbons (Fsp3) is 0. The first kappa shape index (κ1) is 12.8. The Balaban J connectivity index is 3.59. The molecule has 0 saturated heterocycles. The van der Waals surface area contributed by atoms with Crippen LogP contribution >= 0.6 is 38.2 Å². The lowest BCUT2D eigenvalue weighted by molar-refractivity contribution is 0.0696. The number of carboxylic acids is 1. The van der Waals surface area contributed by atoms with Crippen LogP contribution in [0.15, 0.2) is 21.5 Å². The van der Waals surface area contributed by atoms with Crippen LogP contribution in [0.4, 0.5) is 0 Å². The van der Waals surface area contributed by atoms with Gasteiger partial charge in [0.15, 0.2) is 0 Å². The molecule has 0 aliphatic heterocycles. The SMILES string of the molecule is O=C(O)c1cc(Cl)c(Br)c(S(=O)(=O)Cl)c1. The Labute approximate surface area is 103 Å². The smallest absolute Gasteiger partial charge is 0.335 e. The van der Waals surface area contributed by atoms with Gasteiger partial charge < -0.3 is 5.11 Å². The van der Waals surface area contributed by atoms with Gasteiger partial charge in [-0.2, -0.15) is 0 Å². The highest BCUT2D eigenvalue weighted by atomic mass is 79.9. The molecule has 0 atom stereocenters. The molecule has 8 heteroatoms. The molecule has 1 aromatic rings. The lowest BCUT2D eigenvalue weighted by Gasteiger charge is -2.04. The summed E-state index contributed by atoms with van der Waals surface area (Å²) in [5.41, 5.74) is -0.248. The molecule has 0 amide bonds. The van der Waals surface area contributed by atoms with Gasteiger partial charge in [0.25, 0.3) is 9.05 Å². The highest BCUT2D eigenvalue weighted by molar-refractivity contribution is 9.10. The number of carbonyl (C=O) groups is 1. The second-order valence-electron chi connectivity index (χ2n) is 2.51. The molecule has 0 aliphatic rings. The summed E-state index contributed by atoms with van der Waals surface area (Å²) in [5.74, 6) is -1.29. The van der Waals surface area contributed by atoms with E-state index in [0.29, 0.717) is 0 Å². The summed E-state index contributed by atoms with van der Waals surface area (Å²) in [5, 5.41) is 8.65. The summed E-state index contributed by atoms with van der Waals surface area (Å²) in [6.07, 6.45) is 0. The van der Waals surface area contributed by atoms with Crippen LogP contribution in [-0.4, -0.2) is 19.5 Å². The molecule has 0 bridgehead atoms. The van der Waals surface area contributed by atoms with Gasteiger partial charge >= 0.3 is 5.97 Å². The maximum Gasteiger partial charge on any atom is 0.335 e. The molecule has 0 unspecified atom stereocenters. The molecule has 0 radical (unpaired) electrons. The molecule has 0 aromatic heterocycles. The van der Waals surface area contributed by atoms with Crippen LogP contribution in [0.1, 0.15) is 10.4 Å². The summed E-state index contributed by atoms with van der Waals surface area (Å²) in [4.78, 5) is 10.3. The van der Waals surface area contributed by atoms with Gasteiger partial charge in [0.05, 0.1) is 20.0 Å². The quantitative estimate of drug-likeness (QED) is 0.845. The molecule has 4 nitrogen and oxygen atoms in total. The fourth-order valence-corrected chi connectivity index (χ4v) is 3.24. The van der Waals surface area contributed by atoms with Crippen LogP contribution in [0.5, 0.6) is 0 Å². The van der Waals surface area contributed by atoms with E-state index >= 15 is 0 Å². The minimum atomic E-state index is -4.03. The van der Waals surface area contributed by atoms with Crippen molar-refractivity contribution in [3.05, 3.63) is 27.2 Å². The minimum Gasteiger partial charge on any atom is -0.478 e. The second-order valence-corrected chi connectivity index (χ2v) is 6.25. The second kappa shape index (κ2) is 4.29. The van der Waals surface area contributed by atoms with Crippen molar-refractivity contribution in [1.82, 2.24) is 0 Å². The van der Waals surface area contributed by atoms with Crippen molar-refractivity contribution in [1.29, 1.82) is 0 Å². The van der Waals surface area contributed by atoms with E-state index in [-0.39, 0.29) is 20.0 Å². The Morgan fingerprint density at radius 2 is 1.93 bits per heavy atom. The third kappa shape index (κ3) is 2.84. The summed E-state index contributed by atoms with van der Waals surface area (Å²) in [7, 11) is 1.07. The van der Waals surface area contributed by atoms with Gasteiger partial charge in [0, 0.05) is 10.7 Å². The van der Waals surface area contributed by atoms with Gasteiger partial charge in [-0.15, -0.1) is 0 Å². The highest BCUT2D eigenvalue weighted by Gasteiger charge is 2.20. The van der Waals surface area contributed by atoms with Crippen molar-refractivity contribution in [3.63, 3.8) is 0 Å². The van der Waals surface area contributed by atoms with Crippen molar-refractivity contribution in [2.75, 3.05) is 0 Å². The van der Waals surface area contributed by atoms with Crippen LogP contribution in [0.25, 0.3) is 0 Å². The van der Waals surface area contributed by atoms with Gasteiger partial charge in [-0.05, 0) is 28.1 Å². The molecule has 0 aliphatic carbocycles. The first-order valence-corrected chi connectivity index (χ1v) is 6.88. The first-order chi connectivity index (χ1) is 6.73. The van der Waals surface area contributed by atoms with Gasteiger partial charge in [-0.1, -0.05) is 11.6 Å². The number of hydrogen-bond donors (Lipinski definition) is 1. The lowest BCUT2D eigenvalue weighted by Crippen LogP contribution is -2.01. The topological polar surface area (TPSA) is 71.4 Å². The Bertz CT molecular complexity index is 526. The van der Waals surface area contributed by atoms with E-state index in [1.807, 2.05) is 0 Å². The zero-order valence-corrected chi connectivity index (χ0v) is 10.8. The first-order valence-electron chi connectivity index (χ1n) is 3.40. The van der Waals surface area contributed by atoms with Crippen LogP contribution in [0.2, 0.25) is 5.02 Å². The minimum absolute atomic E-state index is 0.0332. The van der Waals surface area contributed by atoms with Crippen molar-refractivity contribution in [3.8, 4) is 0 Å². The molecule has 15 heavy (non-hydrogen) atoms. The molecule has 0 heterocycles. The van der Waals surface area contributed by atoms with Crippen molar-refractivity contribution in [2.45, 2.75) is 4.90 Å². The van der Waals surface area contributed by atoms with Crippen LogP contribution in [0, 0.1) is 0 Å². The fourth-order valence-electron chi connectivity index (χ4n) is 0.865. The monoisotopic (exact) mass is 332 g/mol. The van der Waals surface area contributed by atoms with E-state index < -0.39 is 15.0 Å². The van der Waals surface area contributed by atoms with Crippen LogP contribution < -0.4 is 0 Å². The number of carboxylic acid groups (broad SMARTS) is 1. The molecular weight excluding hydrogens is 331 g/mol. The number of halogens is 3. The molecule has 0 fully saturated rings. The summed E-state index contributed by atoms with van der Waals surface area (Å²) >= 11 is 8.55. The van der Waals surface area contributed by atoms with E-state index in [0.717, 1.165) is 12.1 Å². The van der Waals surface area contributed by atoms with E-state index in [9.17, 15) is 13.2 Å². The third-order valence-corrected chi connectivity index (χ3v) is 4.49. The molecule has 1 N–H and O–H groups in total. The van der Waals surface area contributed by atoms with E-state index in [2.05, 4.69) is 15.9 Å². The average Bonchev–Trinajstić information content (AvgIpc) is 2.06. The highest BCUT2D eigenvalue weighted by Crippen LogP contribution is 2.33. The van der Waals surface area contributed by atoms with Gasteiger partial charge in [-0.3, -0.25) is 0 Å². The standard InChI is InChI=1S/C7H3BrCl2O4S/c8-6-4(9)1-3(7(11)12)2-5(6)15(10,13)14/h1-2H,(H,11,12). The predicted octanol–water partition coefficient (Wildman–Crippen LogP) is 2.73. The lowest BCUT2D eigenvalue weighted by atomic mass is 10.2. The molecule has 82 valence electrons. The van der Waals surface area contributed by atoms with Crippen LogP contribution in [0.3, 0.4) is 0 Å². The van der Waals surface area contributed by atoms with E-state index in [4.69, 9.17) is 27.4 Å². The van der Waals surface area contributed by atoms with Gasteiger partial charge in [0.1, 0.15) is 0 Å². The summed E-state index contributed by atoms with van der Waals surface area (Å²) in [6.45, 7) is 0. The number of aromatic carboxylic acids is 1. The van der Waals surface area contributed by atoms with E-state index in [1.165, 1.54) is 0 Å². The molecule has 1 rings (SSSR count).